The van der Waals surface area contributed by atoms with Crippen molar-refractivity contribution in [3.63, 3.8) is 0 Å². The van der Waals surface area contributed by atoms with Gasteiger partial charge in [-0.15, -0.1) is 0 Å². The first-order chi connectivity index (χ1) is 11.7. The average molecular weight is 371 g/mol. The van der Waals surface area contributed by atoms with E-state index in [1.54, 1.807) is 20.8 Å². The zero-order chi connectivity index (χ0) is 18.4. The zero-order valence-corrected chi connectivity index (χ0v) is 15.1. The summed E-state index contributed by atoms with van der Waals surface area (Å²) in [5.74, 6) is 0.133. The third-order valence-electron chi connectivity index (χ3n) is 4.14. The van der Waals surface area contributed by atoms with Crippen molar-refractivity contribution in [1.82, 2.24) is 14.9 Å². The minimum Gasteiger partial charge on any atom is -0.444 e. The highest BCUT2D eigenvalue weighted by molar-refractivity contribution is 6.28. The Morgan fingerprint density at radius 2 is 2.16 bits per heavy atom. The summed E-state index contributed by atoms with van der Waals surface area (Å²) in [7, 11) is 0. The largest absolute Gasteiger partial charge is 0.444 e. The molecule has 0 N–H and O–H groups in total. The molecule has 25 heavy (non-hydrogen) atoms. The quantitative estimate of drug-likeness (QED) is 0.709. The maximum absolute atomic E-state index is 14.8. The number of halogens is 2. The number of fused-ring (bicyclic) bond motifs is 1. The number of anilines is 1. The third-order valence-corrected chi connectivity index (χ3v) is 4.32. The van der Waals surface area contributed by atoms with Gasteiger partial charge in [0.25, 0.3) is 0 Å². The zero-order valence-electron chi connectivity index (χ0n) is 14.3. The van der Waals surface area contributed by atoms with Gasteiger partial charge in [-0.3, -0.25) is 9.69 Å². The van der Waals surface area contributed by atoms with Crippen LogP contribution in [0.25, 0.3) is 0 Å². The number of carbonyl (C=O) groups excluding carboxylic acids is 2. The Bertz CT molecular complexity index is 709. The van der Waals surface area contributed by atoms with E-state index in [0.717, 1.165) is 0 Å². The van der Waals surface area contributed by atoms with Crippen LogP contribution < -0.4 is 4.90 Å². The van der Waals surface area contributed by atoms with Crippen LogP contribution in [-0.2, 0) is 16.0 Å². The molecule has 2 aliphatic rings. The van der Waals surface area contributed by atoms with Crippen molar-refractivity contribution in [3.05, 3.63) is 17.0 Å². The van der Waals surface area contributed by atoms with E-state index in [1.165, 1.54) is 16.0 Å². The van der Waals surface area contributed by atoms with Crippen molar-refractivity contribution in [2.24, 2.45) is 0 Å². The van der Waals surface area contributed by atoms with Gasteiger partial charge in [-0.25, -0.2) is 14.2 Å². The number of hydrogen-bond acceptors (Lipinski definition) is 5. The lowest BCUT2D eigenvalue weighted by molar-refractivity contribution is -0.118. The Balaban J connectivity index is 1.74. The normalized spacial score (nSPS) is 23.6. The van der Waals surface area contributed by atoms with Gasteiger partial charge in [-0.1, -0.05) is 0 Å². The first-order valence-electron chi connectivity index (χ1n) is 8.11. The molecule has 3 rings (SSSR count). The van der Waals surface area contributed by atoms with Gasteiger partial charge < -0.3 is 9.64 Å². The number of rotatable bonds is 1. The SMILES string of the molecule is CC(C)(C)OC(=O)N1CC[C@@H](N2C(=O)Cc3cnc(Cl)nc32)[C@@H](F)C1. The molecule has 7 nitrogen and oxygen atoms in total. The number of piperidine rings is 1. The Morgan fingerprint density at radius 3 is 2.80 bits per heavy atom. The molecule has 0 unspecified atom stereocenters. The van der Waals surface area contributed by atoms with Gasteiger partial charge >= 0.3 is 6.09 Å². The van der Waals surface area contributed by atoms with E-state index in [1.807, 2.05) is 0 Å². The maximum Gasteiger partial charge on any atom is 0.410 e. The Kier molecular flexibility index (Phi) is 4.57. The van der Waals surface area contributed by atoms with Crippen LogP contribution in [-0.4, -0.2) is 57.8 Å². The summed E-state index contributed by atoms with van der Waals surface area (Å²) in [6, 6.07) is -0.682. The second kappa shape index (κ2) is 6.40. The number of carbonyl (C=O) groups is 2. The number of alkyl halides is 1. The van der Waals surface area contributed by atoms with Gasteiger partial charge in [0, 0.05) is 18.3 Å². The summed E-state index contributed by atoms with van der Waals surface area (Å²) in [6.07, 6.45) is -0.0262. The lowest BCUT2D eigenvalue weighted by Crippen LogP contribution is -2.55. The molecule has 1 aromatic heterocycles. The molecule has 3 heterocycles. The van der Waals surface area contributed by atoms with Crippen molar-refractivity contribution in [1.29, 1.82) is 0 Å². The van der Waals surface area contributed by atoms with E-state index in [0.29, 0.717) is 24.3 Å². The molecule has 1 aromatic rings. The molecule has 9 heteroatoms. The summed E-state index contributed by atoms with van der Waals surface area (Å²) < 4.78 is 20.1. The Hall–Kier alpha value is -1.96. The predicted molar refractivity (Wildman–Crippen MR) is 89.3 cm³/mol. The highest BCUT2D eigenvalue weighted by Crippen LogP contribution is 2.33. The van der Waals surface area contributed by atoms with Crippen molar-refractivity contribution >= 4 is 29.4 Å². The third kappa shape index (κ3) is 3.68. The van der Waals surface area contributed by atoms with Crippen LogP contribution >= 0.6 is 11.6 Å². The van der Waals surface area contributed by atoms with Crippen LogP contribution in [0, 0.1) is 0 Å². The van der Waals surface area contributed by atoms with Gasteiger partial charge in [0.2, 0.25) is 11.2 Å². The number of hydrogen-bond donors (Lipinski definition) is 0. The van der Waals surface area contributed by atoms with Crippen molar-refractivity contribution in [2.45, 2.75) is 51.4 Å². The number of ether oxygens (including phenoxy) is 1. The van der Waals surface area contributed by atoms with Crippen LogP contribution in [0.4, 0.5) is 15.0 Å². The summed E-state index contributed by atoms with van der Waals surface area (Å²) in [6.45, 7) is 5.45. The number of amides is 2. The van der Waals surface area contributed by atoms with Crippen molar-refractivity contribution < 1.29 is 18.7 Å². The molecule has 0 saturated carbocycles. The van der Waals surface area contributed by atoms with Gasteiger partial charge in [0.1, 0.15) is 17.6 Å². The monoisotopic (exact) mass is 370 g/mol. The first-order valence-corrected chi connectivity index (χ1v) is 8.49. The summed E-state index contributed by atoms with van der Waals surface area (Å²) in [5, 5.41) is 0.0139. The smallest absolute Gasteiger partial charge is 0.410 e. The lowest BCUT2D eigenvalue weighted by Gasteiger charge is -2.39. The molecule has 0 radical (unpaired) electrons. The second-order valence-electron chi connectivity index (χ2n) is 7.23. The van der Waals surface area contributed by atoms with Crippen LogP contribution in [0.15, 0.2) is 6.20 Å². The van der Waals surface area contributed by atoms with E-state index in [-0.39, 0.29) is 24.2 Å². The predicted octanol–water partition coefficient (Wildman–Crippen LogP) is 2.37. The molecule has 1 saturated heterocycles. The standard InChI is InChI=1S/C16H20ClFN4O3/c1-16(2,3)25-15(24)21-5-4-11(10(18)8-21)22-12(23)6-9-7-19-14(17)20-13(9)22/h7,10-11H,4-6,8H2,1-3H3/t10-,11+/m0/s1. The fourth-order valence-electron chi connectivity index (χ4n) is 3.09. The molecule has 136 valence electrons. The molecule has 0 aliphatic carbocycles. The molecule has 0 bridgehead atoms. The van der Waals surface area contributed by atoms with Crippen LogP contribution in [0.3, 0.4) is 0 Å². The average Bonchev–Trinajstić information content (AvgIpc) is 2.81. The van der Waals surface area contributed by atoms with Gasteiger partial charge in [-0.2, -0.15) is 4.98 Å². The number of nitrogens with zero attached hydrogens (tertiary/aromatic N) is 4. The van der Waals surface area contributed by atoms with Crippen molar-refractivity contribution in [2.75, 3.05) is 18.0 Å². The number of likely N-dealkylation sites (tertiary alicyclic amines) is 1. The van der Waals surface area contributed by atoms with Crippen LogP contribution in [0.1, 0.15) is 32.8 Å². The van der Waals surface area contributed by atoms with Crippen LogP contribution in [0.5, 0.6) is 0 Å². The lowest BCUT2D eigenvalue weighted by atomic mass is 10.0. The molecule has 0 aromatic carbocycles. The highest BCUT2D eigenvalue weighted by atomic mass is 35.5. The fraction of sp³-hybridized carbons (Fsp3) is 0.625. The molecular formula is C16H20ClFN4O3. The Labute approximate surface area is 150 Å². The molecule has 2 aliphatic heterocycles. The minimum absolute atomic E-state index is 0.0139. The highest BCUT2D eigenvalue weighted by Gasteiger charge is 2.43. The van der Waals surface area contributed by atoms with E-state index in [4.69, 9.17) is 16.3 Å². The van der Waals surface area contributed by atoms with Crippen LogP contribution in [0.2, 0.25) is 5.28 Å². The van der Waals surface area contributed by atoms with Gasteiger partial charge in [-0.05, 0) is 38.8 Å². The molecular weight excluding hydrogens is 351 g/mol. The van der Waals surface area contributed by atoms with Crippen molar-refractivity contribution in [3.8, 4) is 0 Å². The molecule has 2 atom stereocenters. The molecule has 0 spiro atoms. The van der Waals surface area contributed by atoms with Gasteiger partial charge in [0.15, 0.2) is 0 Å². The topological polar surface area (TPSA) is 75.6 Å². The summed E-state index contributed by atoms with van der Waals surface area (Å²) >= 11 is 5.81. The Morgan fingerprint density at radius 1 is 1.44 bits per heavy atom. The minimum atomic E-state index is -1.40. The second-order valence-corrected chi connectivity index (χ2v) is 7.56. The molecule has 2 amide bonds. The fourth-order valence-corrected chi connectivity index (χ4v) is 3.22. The first kappa shape index (κ1) is 17.8. The van der Waals surface area contributed by atoms with Gasteiger partial charge in [0.05, 0.1) is 19.0 Å². The van der Waals surface area contributed by atoms with E-state index >= 15 is 0 Å². The van der Waals surface area contributed by atoms with E-state index in [9.17, 15) is 14.0 Å². The summed E-state index contributed by atoms with van der Waals surface area (Å²) in [4.78, 5) is 35.1. The summed E-state index contributed by atoms with van der Waals surface area (Å²) in [5.41, 5.74) is -0.00625. The number of aromatic nitrogens is 2. The molecule has 1 fully saturated rings. The van der Waals surface area contributed by atoms with E-state index in [2.05, 4.69) is 9.97 Å². The van der Waals surface area contributed by atoms with E-state index < -0.39 is 23.9 Å². The maximum atomic E-state index is 14.8.